The number of methoxy groups -OCH3 is 1. The standard InChI is InChI=1S/C21H42O6Si2/c1-11-12-23-20-19-18(25-21(20)22-10)13-24-28(14(2)3,15(4)5)27-29(26-19,16(6)7)17(8)9/h11,14-21H,1,12-13H2,2-10H3/t18-,19-,20-,21-/m1/s1. The lowest BCUT2D eigenvalue weighted by molar-refractivity contribution is -0.162. The van der Waals surface area contributed by atoms with Crippen molar-refractivity contribution < 1.29 is 27.2 Å². The molecule has 0 N–H and O–H groups in total. The van der Waals surface area contributed by atoms with Crippen LogP contribution in [-0.4, -0.2) is 62.0 Å². The molecule has 2 aliphatic rings. The Balaban J connectivity index is 2.53. The Morgan fingerprint density at radius 1 is 0.966 bits per heavy atom. The first-order valence-corrected chi connectivity index (χ1v) is 14.9. The van der Waals surface area contributed by atoms with E-state index in [1.54, 1.807) is 13.2 Å². The van der Waals surface area contributed by atoms with E-state index in [2.05, 4.69) is 62.0 Å². The third kappa shape index (κ3) is 4.74. The van der Waals surface area contributed by atoms with Crippen LogP contribution >= 0.6 is 0 Å². The van der Waals surface area contributed by atoms with E-state index in [9.17, 15) is 0 Å². The SMILES string of the molecule is C=CCO[C@H]1[C@H](OC)O[C@@H]2CO[Si](C(C)C)(C(C)C)O[Si](C(C)C)(C(C)C)O[C@@H]12. The molecule has 29 heavy (non-hydrogen) atoms. The Kier molecular flexibility index (Phi) is 8.72. The van der Waals surface area contributed by atoms with Crippen LogP contribution in [0.1, 0.15) is 55.4 Å². The van der Waals surface area contributed by atoms with E-state index in [0.29, 0.717) is 24.3 Å². The minimum Gasteiger partial charge on any atom is -0.414 e. The van der Waals surface area contributed by atoms with Gasteiger partial charge < -0.3 is 27.2 Å². The van der Waals surface area contributed by atoms with Crippen LogP contribution < -0.4 is 0 Å². The van der Waals surface area contributed by atoms with Gasteiger partial charge in [0.25, 0.3) is 0 Å². The summed E-state index contributed by atoms with van der Waals surface area (Å²) in [5.74, 6) is 0. The van der Waals surface area contributed by atoms with Gasteiger partial charge in [-0.1, -0.05) is 61.5 Å². The van der Waals surface area contributed by atoms with Gasteiger partial charge in [-0.3, -0.25) is 0 Å². The minimum atomic E-state index is -2.69. The lowest BCUT2D eigenvalue weighted by atomic mass is 10.1. The second-order valence-electron chi connectivity index (χ2n) is 9.42. The lowest BCUT2D eigenvalue weighted by Crippen LogP contribution is -2.66. The third-order valence-electron chi connectivity index (χ3n) is 6.24. The molecule has 8 heteroatoms. The van der Waals surface area contributed by atoms with Crippen LogP contribution in [0.5, 0.6) is 0 Å². The number of fused-ring (bicyclic) bond motifs is 1. The number of hydrogen-bond acceptors (Lipinski definition) is 6. The smallest absolute Gasteiger partial charge is 0.335 e. The van der Waals surface area contributed by atoms with Gasteiger partial charge in [-0.25, -0.2) is 0 Å². The molecule has 0 saturated carbocycles. The predicted molar refractivity (Wildman–Crippen MR) is 119 cm³/mol. The first kappa shape index (κ1) is 25.2. The van der Waals surface area contributed by atoms with Gasteiger partial charge in [-0.2, -0.15) is 0 Å². The van der Waals surface area contributed by atoms with Gasteiger partial charge in [0.05, 0.1) is 13.2 Å². The van der Waals surface area contributed by atoms with Crippen molar-refractivity contribution in [2.75, 3.05) is 20.3 Å². The van der Waals surface area contributed by atoms with Gasteiger partial charge in [0.15, 0.2) is 6.29 Å². The number of hydrogen-bond donors (Lipinski definition) is 0. The Bertz CT molecular complexity index is 523. The molecule has 0 amide bonds. The highest BCUT2D eigenvalue weighted by molar-refractivity contribution is 6.83. The van der Waals surface area contributed by atoms with Crippen molar-refractivity contribution in [2.24, 2.45) is 0 Å². The fourth-order valence-corrected chi connectivity index (χ4v) is 15.9. The molecular formula is C21H42O6Si2. The summed E-state index contributed by atoms with van der Waals surface area (Å²) in [4.78, 5) is 0. The number of ether oxygens (including phenoxy) is 3. The molecule has 170 valence electrons. The van der Waals surface area contributed by atoms with Crippen LogP contribution in [0.15, 0.2) is 12.7 Å². The highest BCUT2D eigenvalue weighted by Crippen LogP contribution is 2.47. The molecule has 2 aliphatic heterocycles. The van der Waals surface area contributed by atoms with E-state index >= 15 is 0 Å². The molecule has 0 aromatic carbocycles. The van der Waals surface area contributed by atoms with E-state index in [4.69, 9.17) is 27.2 Å². The monoisotopic (exact) mass is 446 g/mol. The summed E-state index contributed by atoms with van der Waals surface area (Å²) in [5.41, 5.74) is 1.13. The molecule has 0 aromatic rings. The van der Waals surface area contributed by atoms with Gasteiger partial charge in [0, 0.05) is 7.11 Å². The molecule has 2 fully saturated rings. The van der Waals surface area contributed by atoms with E-state index in [0.717, 1.165) is 0 Å². The van der Waals surface area contributed by atoms with Gasteiger partial charge in [0.1, 0.15) is 18.3 Å². The Labute approximate surface area is 179 Å². The summed E-state index contributed by atoms with van der Waals surface area (Å²) in [6, 6.07) is 0. The second-order valence-corrected chi connectivity index (χ2v) is 18.3. The molecular weight excluding hydrogens is 404 g/mol. The molecule has 2 rings (SSSR count). The number of rotatable bonds is 8. The van der Waals surface area contributed by atoms with Gasteiger partial charge in [-0.05, 0) is 22.2 Å². The maximum atomic E-state index is 7.20. The van der Waals surface area contributed by atoms with E-state index in [1.807, 2.05) is 0 Å². The highest BCUT2D eigenvalue weighted by Gasteiger charge is 2.61. The minimum absolute atomic E-state index is 0.243. The van der Waals surface area contributed by atoms with Crippen LogP contribution in [-0.2, 0) is 27.2 Å². The van der Waals surface area contributed by atoms with Crippen molar-refractivity contribution in [3.63, 3.8) is 0 Å². The fourth-order valence-electron chi connectivity index (χ4n) is 4.65. The molecule has 0 bridgehead atoms. The van der Waals surface area contributed by atoms with Gasteiger partial charge in [0.2, 0.25) is 0 Å². The largest absolute Gasteiger partial charge is 0.414 e. The zero-order valence-electron chi connectivity index (χ0n) is 19.8. The third-order valence-corrected chi connectivity index (χ3v) is 16.5. The quantitative estimate of drug-likeness (QED) is 0.391. The molecule has 2 saturated heterocycles. The van der Waals surface area contributed by atoms with Crippen LogP contribution in [0.2, 0.25) is 22.2 Å². The van der Waals surface area contributed by atoms with E-state index in [-0.39, 0.29) is 29.4 Å². The summed E-state index contributed by atoms with van der Waals surface area (Å²) in [6.07, 6.45) is 0.370. The van der Waals surface area contributed by atoms with E-state index in [1.165, 1.54) is 0 Å². The molecule has 6 nitrogen and oxygen atoms in total. The second kappa shape index (κ2) is 10.0. The predicted octanol–water partition coefficient (Wildman–Crippen LogP) is 4.89. The van der Waals surface area contributed by atoms with Crippen LogP contribution in [0.3, 0.4) is 0 Å². The Morgan fingerprint density at radius 3 is 1.97 bits per heavy atom. The molecule has 0 radical (unpaired) electrons. The summed E-state index contributed by atoms with van der Waals surface area (Å²) in [6.45, 7) is 22.3. The zero-order valence-corrected chi connectivity index (χ0v) is 21.8. The molecule has 0 unspecified atom stereocenters. The van der Waals surface area contributed by atoms with Crippen molar-refractivity contribution in [1.82, 2.24) is 0 Å². The summed E-state index contributed by atoms with van der Waals surface area (Å²) in [7, 11) is -3.62. The Morgan fingerprint density at radius 2 is 1.52 bits per heavy atom. The van der Waals surface area contributed by atoms with Crippen molar-refractivity contribution in [1.29, 1.82) is 0 Å². The topological polar surface area (TPSA) is 55.4 Å². The average Bonchev–Trinajstić information content (AvgIpc) is 2.94. The summed E-state index contributed by atoms with van der Waals surface area (Å²) >= 11 is 0. The van der Waals surface area contributed by atoms with Crippen molar-refractivity contribution in [3.05, 3.63) is 12.7 Å². The maximum Gasteiger partial charge on any atom is 0.335 e. The first-order chi connectivity index (χ1) is 13.6. The maximum absolute atomic E-state index is 7.20. The van der Waals surface area contributed by atoms with E-state index < -0.39 is 23.4 Å². The zero-order chi connectivity index (χ0) is 22.0. The average molecular weight is 447 g/mol. The molecule has 0 spiro atoms. The van der Waals surface area contributed by atoms with Gasteiger partial charge >= 0.3 is 17.1 Å². The molecule has 0 aliphatic carbocycles. The fraction of sp³-hybridized carbons (Fsp3) is 0.905. The molecule has 4 atom stereocenters. The van der Waals surface area contributed by atoms with Crippen LogP contribution in [0.4, 0.5) is 0 Å². The lowest BCUT2D eigenvalue weighted by Gasteiger charge is -2.51. The van der Waals surface area contributed by atoms with Crippen molar-refractivity contribution in [3.8, 4) is 0 Å². The first-order valence-electron chi connectivity index (χ1n) is 11.0. The Hall–Kier alpha value is -0.0662. The summed E-state index contributed by atoms with van der Waals surface area (Å²) < 4.78 is 38.8. The normalized spacial score (nSPS) is 31.9. The van der Waals surface area contributed by atoms with Gasteiger partial charge in [-0.15, -0.1) is 6.58 Å². The van der Waals surface area contributed by atoms with Crippen LogP contribution in [0, 0.1) is 0 Å². The van der Waals surface area contributed by atoms with Crippen LogP contribution in [0.25, 0.3) is 0 Å². The van der Waals surface area contributed by atoms with Crippen molar-refractivity contribution in [2.45, 2.75) is 102 Å². The summed E-state index contributed by atoms with van der Waals surface area (Å²) in [5, 5.41) is 0. The highest BCUT2D eigenvalue weighted by atomic mass is 28.5. The molecule has 0 aromatic heterocycles. The molecule has 2 heterocycles. The van der Waals surface area contributed by atoms with Crippen molar-refractivity contribution >= 4 is 17.1 Å².